The number of aromatic nitrogens is 1. The van der Waals surface area contributed by atoms with Crippen molar-refractivity contribution in [2.45, 2.75) is 18.9 Å². The van der Waals surface area contributed by atoms with Gasteiger partial charge in [0.15, 0.2) is 0 Å². The first-order valence-corrected chi connectivity index (χ1v) is 5.90. The highest BCUT2D eigenvalue weighted by atomic mass is 35.5. The fourth-order valence-electron chi connectivity index (χ4n) is 1.83. The van der Waals surface area contributed by atoms with Crippen LogP contribution in [0.2, 0.25) is 5.02 Å². The summed E-state index contributed by atoms with van der Waals surface area (Å²) in [5.41, 5.74) is 1.81. The molecule has 0 saturated carbocycles. The molecule has 0 aliphatic heterocycles. The summed E-state index contributed by atoms with van der Waals surface area (Å²) in [6.07, 6.45) is 2.85. The van der Waals surface area contributed by atoms with Crippen LogP contribution in [0.3, 0.4) is 0 Å². The van der Waals surface area contributed by atoms with Crippen LogP contribution in [0.25, 0.3) is 0 Å². The molecule has 0 amide bonds. The van der Waals surface area contributed by atoms with Gasteiger partial charge in [0.25, 0.3) is 0 Å². The predicted molar refractivity (Wildman–Crippen MR) is 69.1 cm³/mol. The Bertz CT molecular complexity index is 487. The summed E-state index contributed by atoms with van der Waals surface area (Å²) < 4.78 is 0. The lowest BCUT2D eigenvalue weighted by atomic mass is 9.91. The SMILES string of the molecule is CC(c1ccncc1)C(O)c1ccccc1Cl. The Labute approximate surface area is 106 Å². The second kappa shape index (κ2) is 5.30. The number of halogens is 1. The van der Waals surface area contributed by atoms with Gasteiger partial charge in [0.1, 0.15) is 0 Å². The molecule has 2 rings (SSSR count). The summed E-state index contributed by atoms with van der Waals surface area (Å²) in [6, 6.07) is 11.2. The molecule has 0 radical (unpaired) electrons. The lowest BCUT2D eigenvalue weighted by Gasteiger charge is -2.20. The Kier molecular flexibility index (Phi) is 3.77. The molecule has 1 heterocycles. The zero-order valence-electron chi connectivity index (χ0n) is 9.55. The minimum absolute atomic E-state index is 0.0158. The molecule has 2 unspecified atom stereocenters. The van der Waals surface area contributed by atoms with Crippen molar-refractivity contribution in [3.8, 4) is 0 Å². The Morgan fingerprint density at radius 3 is 2.41 bits per heavy atom. The molecule has 0 aliphatic rings. The molecular weight excluding hydrogens is 234 g/mol. The molecule has 1 aromatic heterocycles. The van der Waals surface area contributed by atoms with Crippen LogP contribution in [-0.2, 0) is 0 Å². The maximum atomic E-state index is 10.3. The summed E-state index contributed by atoms with van der Waals surface area (Å²) in [5, 5.41) is 10.9. The van der Waals surface area contributed by atoms with Gasteiger partial charge in [-0.2, -0.15) is 0 Å². The van der Waals surface area contributed by atoms with E-state index in [9.17, 15) is 5.11 Å². The lowest BCUT2D eigenvalue weighted by Crippen LogP contribution is -2.08. The normalized spacial score (nSPS) is 14.3. The summed E-state index contributed by atoms with van der Waals surface area (Å²) in [4.78, 5) is 3.97. The molecule has 0 spiro atoms. The van der Waals surface area contributed by atoms with Crippen molar-refractivity contribution in [1.29, 1.82) is 0 Å². The molecule has 88 valence electrons. The number of hydrogen-bond donors (Lipinski definition) is 1. The van der Waals surface area contributed by atoms with Gasteiger partial charge >= 0.3 is 0 Å². The third-order valence-electron chi connectivity index (χ3n) is 2.93. The number of pyridine rings is 1. The summed E-state index contributed by atoms with van der Waals surface area (Å²) in [5.74, 6) is -0.0158. The van der Waals surface area contributed by atoms with E-state index in [-0.39, 0.29) is 5.92 Å². The zero-order chi connectivity index (χ0) is 12.3. The zero-order valence-corrected chi connectivity index (χ0v) is 10.3. The third kappa shape index (κ3) is 2.65. The first-order chi connectivity index (χ1) is 8.20. The van der Waals surface area contributed by atoms with Gasteiger partial charge in [0, 0.05) is 23.3 Å². The number of rotatable bonds is 3. The van der Waals surface area contributed by atoms with Crippen LogP contribution in [0.5, 0.6) is 0 Å². The van der Waals surface area contributed by atoms with Gasteiger partial charge in [-0.15, -0.1) is 0 Å². The second-order valence-electron chi connectivity index (χ2n) is 4.04. The van der Waals surface area contributed by atoms with Crippen molar-refractivity contribution in [3.05, 3.63) is 64.9 Å². The summed E-state index contributed by atoms with van der Waals surface area (Å²) >= 11 is 6.08. The van der Waals surface area contributed by atoms with Gasteiger partial charge in [0.05, 0.1) is 6.10 Å². The summed E-state index contributed by atoms with van der Waals surface area (Å²) in [7, 11) is 0. The Morgan fingerprint density at radius 1 is 1.12 bits per heavy atom. The van der Waals surface area contributed by atoms with Gasteiger partial charge in [-0.1, -0.05) is 36.7 Å². The number of aliphatic hydroxyl groups is 1. The van der Waals surface area contributed by atoms with Crippen LogP contribution in [0, 0.1) is 0 Å². The van der Waals surface area contributed by atoms with Gasteiger partial charge in [-0.3, -0.25) is 4.98 Å². The highest BCUT2D eigenvalue weighted by Gasteiger charge is 2.19. The molecule has 17 heavy (non-hydrogen) atoms. The molecular formula is C14H14ClNO. The number of benzene rings is 1. The van der Waals surface area contributed by atoms with Gasteiger partial charge < -0.3 is 5.11 Å². The van der Waals surface area contributed by atoms with E-state index in [0.29, 0.717) is 5.02 Å². The molecule has 0 bridgehead atoms. The van der Waals surface area contributed by atoms with Gasteiger partial charge in [0.2, 0.25) is 0 Å². The van der Waals surface area contributed by atoms with Crippen molar-refractivity contribution in [2.24, 2.45) is 0 Å². The fraction of sp³-hybridized carbons (Fsp3) is 0.214. The highest BCUT2D eigenvalue weighted by Crippen LogP contribution is 2.33. The molecule has 2 aromatic rings. The number of hydrogen-bond acceptors (Lipinski definition) is 2. The quantitative estimate of drug-likeness (QED) is 0.900. The number of aliphatic hydroxyl groups excluding tert-OH is 1. The van der Waals surface area contributed by atoms with Crippen LogP contribution >= 0.6 is 11.6 Å². The van der Waals surface area contributed by atoms with Crippen molar-refractivity contribution < 1.29 is 5.11 Å². The first kappa shape index (κ1) is 12.1. The smallest absolute Gasteiger partial charge is 0.0870 e. The predicted octanol–water partition coefficient (Wildman–Crippen LogP) is 3.57. The van der Waals surface area contributed by atoms with E-state index in [1.54, 1.807) is 18.5 Å². The molecule has 1 N–H and O–H groups in total. The van der Waals surface area contributed by atoms with Crippen molar-refractivity contribution >= 4 is 11.6 Å². The van der Waals surface area contributed by atoms with E-state index in [0.717, 1.165) is 11.1 Å². The van der Waals surface area contributed by atoms with Crippen LogP contribution < -0.4 is 0 Å². The van der Waals surface area contributed by atoms with E-state index in [1.165, 1.54) is 0 Å². The molecule has 0 fully saturated rings. The monoisotopic (exact) mass is 247 g/mol. The Hall–Kier alpha value is -1.38. The van der Waals surface area contributed by atoms with E-state index in [1.807, 2.05) is 37.3 Å². The second-order valence-corrected chi connectivity index (χ2v) is 4.44. The largest absolute Gasteiger partial charge is 0.388 e. The van der Waals surface area contributed by atoms with Crippen LogP contribution in [0.1, 0.15) is 30.1 Å². The van der Waals surface area contributed by atoms with Crippen LogP contribution in [0.4, 0.5) is 0 Å². The standard InChI is InChI=1S/C14H14ClNO/c1-10(11-6-8-16-9-7-11)14(17)12-4-2-3-5-13(12)15/h2-10,14,17H,1H3. The van der Waals surface area contributed by atoms with Gasteiger partial charge in [-0.25, -0.2) is 0 Å². The van der Waals surface area contributed by atoms with E-state index in [4.69, 9.17) is 11.6 Å². The molecule has 0 saturated heterocycles. The van der Waals surface area contributed by atoms with E-state index >= 15 is 0 Å². The summed E-state index contributed by atoms with van der Waals surface area (Å²) in [6.45, 7) is 1.98. The molecule has 2 nitrogen and oxygen atoms in total. The molecule has 1 aromatic carbocycles. The third-order valence-corrected chi connectivity index (χ3v) is 3.27. The first-order valence-electron chi connectivity index (χ1n) is 5.52. The highest BCUT2D eigenvalue weighted by molar-refractivity contribution is 6.31. The number of nitrogens with zero attached hydrogens (tertiary/aromatic N) is 1. The van der Waals surface area contributed by atoms with Crippen LogP contribution in [-0.4, -0.2) is 10.1 Å². The van der Waals surface area contributed by atoms with E-state index < -0.39 is 6.10 Å². The van der Waals surface area contributed by atoms with Crippen LogP contribution in [0.15, 0.2) is 48.8 Å². The minimum Gasteiger partial charge on any atom is -0.388 e. The van der Waals surface area contributed by atoms with Gasteiger partial charge in [-0.05, 0) is 29.3 Å². The topological polar surface area (TPSA) is 33.1 Å². The van der Waals surface area contributed by atoms with Crippen molar-refractivity contribution in [1.82, 2.24) is 4.98 Å². The molecule has 2 atom stereocenters. The Balaban J connectivity index is 2.27. The maximum absolute atomic E-state index is 10.3. The average molecular weight is 248 g/mol. The van der Waals surface area contributed by atoms with Crippen molar-refractivity contribution in [2.75, 3.05) is 0 Å². The average Bonchev–Trinajstić information content (AvgIpc) is 2.39. The van der Waals surface area contributed by atoms with E-state index in [2.05, 4.69) is 4.98 Å². The Morgan fingerprint density at radius 2 is 1.76 bits per heavy atom. The molecule has 0 aliphatic carbocycles. The fourth-order valence-corrected chi connectivity index (χ4v) is 2.08. The van der Waals surface area contributed by atoms with Crippen molar-refractivity contribution in [3.63, 3.8) is 0 Å². The lowest BCUT2D eigenvalue weighted by molar-refractivity contribution is 0.151. The minimum atomic E-state index is -0.605. The molecule has 3 heteroatoms. The maximum Gasteiger partial charge on any atom is 0.0870 e.